The molecule has 0 radical (unpaired) electrons. The molecule has 7 nitrogen and oxygen atoms in total. The summed E-state index contributed by atoms with van der Waals surface area (Å²) in [5, 5.41) is 5.32. The van der Waals surface area contributed by atoms with E-state index < -0.39 is 6.03 Å². The molecule has 31 heavy (non-hydrogen) atoms. The molecule has 0 unspecified atom stereocenters. The van der Waals surface area contributed by atoms with Crippen LogP contribution < -0.4 is 15.5 Å². The number of hydrogen-bond donors (Lipinski definition) is 2. The number of urea groups is 1. The third kappa shape index (κ3) is 5.42. The Kier molecular flexibility index (Phi) is 7.28. The van der Waals surface area contributed by atoms with Gasteiger partial charge in [-0.3, -0.25) is 9.59 Å². The average molecular weight is 423 g/mol. The van der Waals surface area contributed by atoms with Crippen LogP contribution in [0.4, 0.5) is 10.5 Å². The number of carbonyl (C=O) groups excluding carboxylic acids is 3. The zero-order chi connectivity index (χ0) is 22.4. The van der Waals surface area contributed by atoms with Crippen molar-refractivity contribution in [3.8, 4) is 0 Å². The van der Waals surface area contributed by atoms with Gasteiger partial charge in [0.2, 0.25) is 5.91 Å². The lowest BCUT2D eigenvalue weighted by Crippen LogP contribution is -2.41. The Labute approximate surface area is 183 Å². The van der Waals surface area contributed by atoms with Crippen molar-refractivity contribution in [1.29, 1.82) is 0 Å². The fourth-order valence-electron chi connectivity index (χ4n) is 3.73. The molecule has 3 rings (SSSR count). The highest BCUT2D eigenvalue weighted by molar-refractivity contribution is 6.07. The van der Waals surface area contributed by atoms with Crippen LogP contribution in [-0.4, -0.2) is 49.9 Å². The number of nitrogens with one attached hydrogen (secondary N) is 2. The Hall–Kier alpha value is -3.35. The molecular formula is C24H30N4O3. The maximum absolute atomic E-state index is 13.6. The summed E-state index contributed by atoms with van der Waals surface area (Å²) in [6, 6.07) is 13.2. The number of nitrogens with zero attached hydrogens (tertiary/aromatic N) is 2. The van der Waals surface area contributed by atoms with Gasteiger partial charge in [-0.2, -0.15) is 0 Å². The first-order valence-corrected chi connectivity index (χ1v) is 10.6. The molecule has 2 N–H and O–H groups in total. The minimum absolute atomic E-state index is 0.0574. The fraction of sp³-hybridized carbons (Fsp3) is 0.375. The quantitative estimate of drug-likeness (QED) is 0.777. The summed E-state index contributed by atoms with van der Waals surface area (Å²) in [6.45, 7) is 2.72. The highest BCUT2D eigenvalue weighted by atomic mass is 16.2. The predicted octanol–water partition coefficient (Wildman–Crippen LogP) is 2.87. The zero-order valence-electron chi connectivity index (χ0n) is 18.4. The number of aryl methyl sites for hydroxylation is 2. The van der Waals surface area contributed by atoms with Crippen LogP contribution in [0.5, 0.6) is 0 Å². The summed E-state index contributed by atoms with van der Waals surface area (Å²) in [5.41, 5.74) is 4.44. The van der Waals surface area contributed by atoms with Crippen LogP contribution in [0.3, 0.4) is 0 Å². The number of benzene rings is 2. The van der Waals surface area contributed by atoms with Crippen molar-refractivity contribution >= 4 is 23.5 Å². The smallest absolute Gasteiger partial charge is 0.315 e. The summed E-state index contributed by atoms with van der Waals surface area (Å²) >= 11 is 0. The number of rotatable bonds is 5. The Morgan fingerprint density at radius 1 is 1.00 bits per heavy atom. The van der Waals surface area contributed by atoms with Crippen LogP contribution in [0.25, 0.3) is 0 Å². The van der Waals surface area contributed by atoms with Gasteiger partial charge in [-0.1, -0.05) is 30.3 Å². The van der Waals surface area contributed by atoms with E-state index in [4.69, 9.17) is 0 Å². The molecule has 1 aliphatic heterocycles. The number of anilines is 1. The molecule has 0 fully saturated rings. The SMILES string of the molecule is Cc1cccc(C(=O)N2CCCCc3ccccc32)c1CNC(=O)NCC(=O)N(C)C. The van der Waals surface area contributed by atoms with Crippen molar-refractivity contribution < 1.29 is 14.4 Å². The highest BCUT2D eigenvalue weighted by Crippen LogP contribution is 2.28. The van der Waals surface area contributed by atoms with Crippen molar-refractivity contribution in [2.75, 3.05) is 32.1 Å². The number of amides is 4. The van der Waals surface area contributed by atoms with Gasteiger partial charge in [0.15, 0.2) is 0 Å². The van der Waals surface area contributed by atoms with E-state index in [1.54, 1.807) is 14.1 Å². The third-order valence-corrected chi connectivity index (χ3v) is 5.57. The van der Waals surface area contributed by atoms with Gasteiger partial charge in [-0.25, -0.2) is 4.79 Å². The van der Waals surface area contributed by atoms with E-state index >= 15 is 0 Å². The van der Waals surface area contributed by atoms with Gasteiger partial charge in [0.25, 0.3) is 5.91 Å². The molecule has 164 valence electrons. The number of fused-ring (bicyclic) bond motifs is 1. The molecule has 0 bridgehead atoms. The van der Waals surface area contributed by atoms with E-state index in [2.05, 4.69) is 16.7 Å². The van der Waals surface area contributed by atoms with Crippen molar-refractivity contribution in [3.63, 3.8) is 0 Å². The fourth-order valence-corrected chi connectivity index (χ4v) is 3.73. The van der Waals surface area contributed by atoms with Crippen molar-refractivity contribution in [1.82, 2.24) is 15.5 Å². The molecule has 1 heterocycles. The van der Waals surface area contributed by atoms with Crippen LogP contribution >= 0.6 is 0 Å². The van der Waals surface area contributed by atoms with E-state index in [1.807, 2.05) is 48.2 Å². The monoisotopic (exact) mass is 422 g/mol. The standard InChI is InChI=1S/C24H30N4O3/c1-17-9-8-12-19(20(17)15-25-24(31)26-16-22(29)27(2)3)23(30)28-14-7-6-11-18-10-4-5-13-21(18)28/h4-5,8-10,12-13H,6-7,11,14-16H2,1-3H3,(H2,25,26,31). The molecule has 1 aliphatic rings. The highest BCUT2D eigenvalue weighted by Gasteiger charge is 2.24. The maximum Gasteiger partial charge on any atom is 0.315 e. The van der Waals surface area contributed by atoms with Gasteiger partial charge < -0.3 is 20.4 Å². The lowest BCUT2D eigenvalue weighted by molar-refractivity contribution is -0.127. The first kappa shape index (κ1) is 22.3. The molecule has 0 aliphatic carbocycles. The molecule has 0 aromatic heterocycles. The Balaban J connectivity index is 1.77. The second kappa shape index (κ2) is 10.1. The number of likely N-dealkylation sites (N-methyl/N-ethyl adjacent to an activating group) is 1. The normalized spacial score (nSPS) is 13.1. The van der Waals surface area contributed by atoms with Gasteiger partial charge in [0.05, 0.1) is 6.54 Å². The second-order valence-corrected chi connectivity index (χ2v) is 7.97. The van der Waals surface area contributed by atoms with E-state index in [9.17, 15) is 14.4 Å². The Morgan fingerprint density at radius 3 is 2.55 bits per heavy atom. The molecule has 7 heteroatoms. The number of hydrogen-bond acceptors (Lipinski definition) is 3. The van der Waals surface area contributed by atoms with Crippen molar-refractivity contribution in [3.05, 3.63) is 64.7 Å². The van der Waals surface area contributed by atoms with Gasteiger partial charge >= 0.3 is 6.03 Å². The lowest BCUT2D eigenvalue weighted by atomic mass is 10.00. The molecule has 0 saturated heterocycles. The second-order valence-electron chi connectivity index (χ2n) is 7.97. The van der Waals surface area contributed by atoms with E-state index in [1.165, 1.54) is 10.5 Å². The molecule has 2 aromatic carbocycles. The predicted molar refractivity (Wildman–Crippen MR) is 121 cm³/mol. The molecule has 0 saturated carbocycles. The topological polar surface area (TPSA) is 81.8 Å². The minimum Gasteiger partial charge on any atom is -0.347 e. The van der Waals surface area contributed by atoms with Crippen LogP contribution in [0, 0.1) is 6.92 Å². The minimum atomic E-state index is -0.447. The van der Waals surface area contributed by atoms with E-state index in [0.717, 1.165) is 36.1 Å². The molecule has 0 atom stereocenters. The summed E-state index contributed by atoms with van der Waals surface area (Å²) in [6.07, 6.45) is 2.96. The largest absolute Gasteiger partial charge is 0.347 e. The van der Waals surface area contributed by atoms with Gasteiger partial charge in [0, 0.05) is 38.4 Å². The van der Waals surface area contributed by atoms with Crippen LogP contribution in [0.2, 0.25) is 0 Å². The first-order valence-electron chi connectivity index (χ1n) is 10.6. The lowest BCUT2D eigenvalue weighted by Gasteiger charge is -2.25. The van der Waals surface area contributed by atoms with Gasteiger partial charge in [-0.05, 0) is 55.0 Å². The first-order chi connectivity index (χ1) is 14.9. The molecule has 4 amide bonds. The van der Waals surface area contributed by atoms with E-state index in [-0.39, 0.29) is 24.9 Å². The van der Waals surface area contributed by atoms with Crippen molar-refractivity contribution in [2.24, 2.45) is 0 Å². The summed E-state index contributed by atoms with van der Waals surface area (Å²) in [4.78, 5) is 40.7. The van der Waals surface area contributed by atoms with Gasteiger partial charge in [0.1, 0.15) is 0 Å². The van der Waals surface area contributed by atoms with Crippen LogP contribution in [0.15, 0.2) is 42.5 Å². The number of carbonyl (C=O) groups is 3. The maximum atomic E-state index is 13.6. The molecule has 2 aromatic rings. The number of para-hydroxylation sites is 1. The van der Waals surface area contributed by atoms with Gasteiger partial charge in [-0.15, -0.1) is 0 Å². The Morgan fingerprint density at radius 2 is 1.77 bits per heavy atom. The summed E-state index contributed by atoms with van der Waals surface area (Å²) < 4.78 is 0. The summed E-state index contributed by atoms with van der Waals surface area (Å²) in [5.74, 6) is -0.250. The Bertz CT molecular complexity index is 971. The average Bonchev–Trinajstić information content (AvgIpc) is 2.98. The zero-order valence-corrected chi connectivity index (χ0v) is 18.4. The van der Waals surface area contributed by atoms with Crippen LogP contribution in [0.1, 0.15) is 39.9 Å². The summed E-state index contributed by atoms with van der Waals surface area (Å²) in [7, 11) is 3.27. The molecular weight excluding hydrogens is 392 g/mol. The molecule has 0 spiro atoms. The van der Waals surface area contributed by atoms with Crippen LogP contribution in [-0.2, 0) is 17.8 Å². The van der Waals surface area contributed by atoms with E-state index in [0.29, 0.717) is 12.1 Å². The third-order valence-electron chi connectivity index (χ3n) is 5.57. The van der Waals surface area contributed by atoms with Crippen molar-refractivity contribution in [2.45, 2.75) is 32.7 Å².